The molecule has 2 aromatic rings. The van der Waals surface area contributed by atoms with Crippen LogP contribution in [0.1, 0.15) is 29.5 Å². The molecule has 1 atom stereocenters. The number of nitrogens with zero attached hydrogens (tertiary/aromatic N) is 1. The van der Waals surface area contributed by atoms with Gasteiger partial charge in [0.1, 0.15) is 5.01 Å². The zero-order valence-electron chi connectivity index (χ0n) is 9.62. The van der Waals surface area contributed by atoms with Crippen molar-refractivity contribution in [2.75, 3.05) is 0 Å². The van der Waals surface area contributed by atoms with Crippen LogP contribution >= 0.6 is 34.5 Å². The molecule has 2 N–H and O–H groups in total. The standard InChI is InChI=1S/C13H12Cl2N2S/c14-7-4-5-8(9(15)6-7)13-17-11-3-1-2-10(16)12(11)18-13/h4-6,10H,1-3,16H2. The SMILES string of the molecule is NC1CCCc2nc(-c3ccc(Cl)cc3Cl)sc21. The Labute approximate surface area is 120 Å². The van der Waals surface area contributed by atoms with Gasteiger partial charge in [-0.15, -0.1) is 11.3 Å². The minimum atomic E-state index is 0.131. The molecule has 1 aromatic heterocycles. The first-order chi connectivity index (χ1) is 8.65. The fourth-order valence-corrected chi connectivity index (χ4v) is 3.97. The lowest BCUT2D eigenvalue weighted by atomic mass is 9.99. The summed E-state index contributed by atoms with van der Waals surface area (Å²) in [5, 5.41) is 2.22. The minimum absolute atomic E-state index is 0.131. The number of aryl methyl sites for hydroxylation is 1. The summed E-state index contributed by atoms with van der Waals surface area (Å²) in [6.07, 6.45) is 3.18. The van der Waals surface area contributed by atoms with Gasteiger partial charge < -0.3 is 5.73 Å². The van der Waals surface area contributed by atoms with Crippen molar-refractivity contribution >= 4 is 34.5 Å². The van der Waals surface area contributed by atoms with Gasteiger partial charge in [-0.2, -0.15) is 0 Å². The number of halogens is 2. The molecule has 0 spiro atoms. The lowest BCUT2D eigenvalue weighted by Gasteiger charge is -2.15. The van der Waals surface area contributed by atoms with E-state index in [2.05, 4.69) is 4.98 Å². The van der Waals surface area contributed by atoms with Crippen LogP contribution in [0.3, 0.4) is 0 Å². The number of hydrogen-bond acceptors (Lipinski definition) is 3. The molecule has 0 saturated heterocycles. The first-order valence-electron chi connectivity index (χ1n) is 5.86. The molecule has 3 rings (SSSR count). The summed E-state index contributed by atoms with van der Waals surface area (Å²) in [6.45, 7) is 0. The van der Waals surface area contributed by atoms with Gasteiger partial charge in [-0.1, -0.05) is 23.2 Å². The fourth-order valence-electron chi connectivity index (χ4n) is 2.23. The minimum Gasteiger partial charge on any atom is -0.323 e. The Morgan fingerprint density at radius 2 is 2.17 bits per heavy atom. The molecule has 0 radical (unpaired) electrons. The Bertz CT molecular complexity index is 595. The van der Waals surface area contributed by atoms with Crippen molar-refractivity contribution in [1.82, 2.24) is 4.98 Å². The quantitative estimate of drug-likeness (QED) is 0.844. The number of hydrogen-bond donors (Lipinski definition) is 1. The molecule has 5 heteroatoms. The van der Waals surface area contributed by atoms with Crippen LogP contribution in [0.2, 0.25) is 10.0 Å². The molecule has 0 fully saturated rings. The van der Waals surface area contributed by atoms with E-state index in [4.69, 9.17) is 28.9 Å². The maximum atomic E-state index is 6.22. The second-order valence-electron chi connectivity index (χ2n) is 4.45. The normalized spacial score (nSPS) is 18.7. The molecule has 1 aliphatic carbocycles. The molecular formula is C13H12Cl2N2S. The number of benzene rings is 1. The summed E-state index contributed by atoms with van der Waals surface area (Å²) >= 11 is 13.8. The summed E-state index contributed by atoms with van der Waals surface area (Å²) in [5.41, 5.74) is 8.19. The van der Waals surface area contributed by atoms with Gasteiger partial charge in [-0.05, 0) is 37.5 Å². The van der Waals surface area contributed by atoms with Crippen molar-refractivity contribution in [3.8, 4) is 10.6 Å². The highest BCUT2D eigenvalue weighted by molar-refractivity contribution is 7.15. The van der Waals surface area contributed by atoms with E-state index in [0.717, 1.165) is 35.5 Å². The molecule has 0 aliphatic heterocycles. The summed E-state index contributed by atoms with van der Waals surface area (Å²) in [5.74, 6) is 0. The first kappa shape index (κ1) is 12.4. The van der Waals surface area contributed by atoms with Gasteiger partial charge in [0.25, 0.3) is 0 Å². The Morgan fingerprint density at radius 3 is 2.89 bits per heavy atom. The number of fused-ring (bicyclic) bond motifs is 1. The van der Waals surface area contributed by atoms with Crippen LogP contribution in [0.4, 0.5) is 0 Å². The maximum absolute atomic E-state index is 6.22. The maximum Gasteiger partial charge on any atom is 0.125 e. The molecule has 1 unspecified atom stereocenters. The summed E-state index contributed by atoms with van der Waals surface area (Å²) in [4.78, 5) is 5.88. The third-order valence-electron chi connectivity index (χ3n) is 3.15. The number of aromatic nitrogens is 1. The lowest BCUT2D eigenvalue weighted by Crippen LogP contribution is -2.15. The van der Waals surface area contributed by atoms with Crippen LogP contribution in [0.15, 0.2) is 18.2 Å². The average molecular weight is 299 g/mol. The first-order valence-corrected chi connectivity index (χ1v) is 7.43. The van der Waals surface area contributed by atoms with Crippen LogP contribution in [0.25, 0.3) is 10.6 Å². The molecule has 1 aromatic carbocycles. The predicted octanol–water partition coefficient (Wildman–Crippen LogP) is 4.45. The molecule has 1 heterocycles. The smallest absolute Gasteiger partial charge is 0.125 e. The largest absolute Gasteiger partial charge is 0.323 e. The topological polar surface area (TPSA) is 38.9 Å². The van der Waals surface area contributed by atoms with Crippen molar-refractivity contribution in [3.63, 3.8) is 0 Å². The second kappa shape index (κ2) is 4.82. The number of nitrogens with two attached hydrogens (primary N) is 1. The van der Waals surface area contributed by atoms with Gasteiger partial charge in [0.05, 0.1) is 10.7 Å². The van der Waals surface area contributed by atoms with E-state index >= 15 is 0 Å². The van der Waals surface area contributed by atoms with Crippen LogP contribution in [-0.4, -0.2) is 4.98 Å². The second-order valence-corrected chi connectivity index (χ2v) is 6.33. The van der Waals surface area contributed by atoms with E-state index in [0.29, 0.717) is 10.0 Å². The Hall–Kier alpha value is -0.610. The molecule has 0 saturated carbocycles. The highest BCUT2D eigenvalue weighted by atomic mass is 35.5. The van der Waals surface area contributed by atoms with E-state index < -0.39 is 0 Å². The van der Waals surface area contributed by atoms with Crippen molar-refractivity contribution in [3.05, 3.63) is 38.8 Å². The molecule has 0 bridgehead atoms. The van der Waals surface area contributed by atoms with Crippen molar-refractivity contribution < 1.29 is 0 Å². The van der Waals surface area contributed by atoms with Crippen molar-refractivity contribution in [2.45, 2.75) is 25.3 Å². The van der Waals surface area contributed by atoms with E-state index in [1.807, 2.05) is 12.1 Å². The fraction of sp³-hybridized carbons (Fsp3) is 0.308. The zero-order chi connectivity index (χ0) is 12.7. The third kappa shape index (κ3) is 2.16. The Balaban J connectivity index is 2.07. The lowest BCUT2D eigenvalue weighted by molar-refractivity contribution is 0.573. The van der Waals surface area contributed by atoms with Gasteiger partial charge in [0.15, 0.2) is 0 Å². The van der Waals surface area contributed by atoms with Crippen molar-refractivity contribution in [2.24, 2.45) is 5.73 Å². The van der Waals surface area contributed by atoms with E-state index in [9.17, 15) is 0 Å². The average Bonchev–Trinajstić information content (AvgIpc) is 2.74. The van der Waals surface area contributed by atoms with E-state index in [-0.39, 0.29) is 6.04 Å². The van der Waals surface area contributed by atoms with Gasteiger partial charge in [0.2, 0.25) is 0 Å². The van der Waals surface area contributed by atoms with E-state index in [1.165, 1.54) is 4.88 Å². The third-order valence-corrected chi connectivity index (χ3v) is 4.97. The van der Waals surface area contributed by atoms with Gasteiger partial charge in [-0.25, -0.2) is 4.98 Å². The molecule has 94 valence electrons. The van der Waals surface area contributed by atoms with Crippen LogP contribution in [-0.2, 0) is 6.42 Å². The van der Waals surface area contributed by atoms with E-state index in [1.54, 1.807) is 17.4 Å². The van der Waals surface area contributed by atoms with Crippen LogP contribution < -0.4 is 5.73 Å². The van der Waals surface area contributed by atoms with Gasteiger partial charge >= 0.3 is 0 Å². The monoisotopic (exact) mass is 298 g/mol. The van der Waals surface area contributed by atoms with Crippen LogP contribution in [0, 0.1) is 0 Å². The van der Waals surface area contributed by atoms with Crippen molar-refractivity contribution in [1.29, 1.82) is 0 Å². The predicted molar refractivity (Wildman–Crippen MR) is 77.4 cm³/mol. The van der Waals surface area contributed by atoms with Gasteiger partial charge in [0, 0.05) is 21.5 Å². The Morgan fingerprint density at radius 1 is 1.33 bits per heavy atom. The molecule has 2 nitrogen and oxygen atoms in total. The number of rotatable bonds is 1. The molecule has 1 aliphatic rings. The highest BCUT2D eigenvalue weighted by Crippen LogP contribution is 2.39. The molecular weight excluding hydrogens is 287 g/mol. The highest BCUT2D eigenvalue weighted by Gasteiger charge is 2.22. The van der Waals surface area contributed by atoms with Crippen LogP contribution in [0.5, 0.6) is 0 Å². The summed E-state index contributed by atoms with van der Waals surface area (Å²) in [6, 6.07) is 5.63. The Kier molecular flexibility index (Phi) is 3.32. The van der Waals surface area contributed by atoms with Gasteiger partial charge in [-0.3, -0.25) is 0 Å². The molecule has 0 amide bonds. The number of thiazole rings is 1. The molecule has 18 heavy (non-hydrogen) atoms. The zero-order valence-corrected chi connectivity index (χ0v) is 11.9. The summed E-state index contributed by atoms with van der Waals surface area (Å²) in [7, 11) is 0. The summed E-state index contributed by atoms with van der Waals surface area (Å²) < 4.78 is 0.